The highest BCUT2D eigenvalue weighted by Gasteiger charge is 2.25. The first-order chi connectivity index (χ1) is 14.5. The first kappa shape index (κ1) is 19.9. The molecule has 10 nitrogen and oxygen atoms in total. The highest BCUT2D eigenvalue weighted by atomic mass is 16.6. The van der Waals surface area contributed by atoms with Crippen LogP contribution in [0.4, 0.5) is 16.6 Å². The molecule has 1 aliphatic rings. The fourth-order valence-corrected chi connectivity index (χ4v) is 3.42. The molecule has 3 aromatic rings. The Morgan fingerprint density at radius 3 is 2.83 bits per heavy atom. The van der Waals surface area contributed by atoms with Crippen LogP contribution >= 0.6 is 0 Å². The number of nitrogen functional groups attached to an aromatic ring is 1. The van der Waals surface area contributed by atoms with Crippen LogP contribution in [-0.4, -0.2) is 61.3 Å². The number of piperidine rings is 1. The van der Waals surface area contributed by atoms with Crippen molar-refractivity contribution in [2.24, 2.45) is 5.92 Å². The first-order valence-electron chi connectivity index (χ1n) is 10.1. The number of hydrogen-bond donors (Lipinski definition) is 2. The second-order valence-electron chi connectivity index (χ2n) is 7.86. The minimum absolute atomic E-state index is 0.0992. The zero-order chi connectivity index (χ0) is 21.1. The molecular formula is C20H26N8O2. The van der Waals surface area contributed by atoms with Gasteiger partial charge in [-0.25, -0.2) is 24.3 Å². The average Bonchev–Trinajstić information content (AvgIpc) is 3.16. The number of fused-ring (bicyclic) bond motifs is 1. The van der Waals surface area contributed by atoms with Gasteiger partial charge < -0.3 is 20.7 Å². The molecule has 4 rings (SSSR count). The Balaban J connectivity index is 1.48. The second-order valence-corrected chi connectivity index (χ2v) is 7.86. The van der Waals surface area contributed by atoms with Gasteiger partial charge in [-0.15, -0.1) is 5.10 Å². The van der Waals surface area contributed by atoms with Crippen molar-refractivity contribution in [1.82, 2.24) is 29.5 Å². The van der Waals surface area contributed by atoms with Crippen LogP contribution < -0.4 is 11.1 Å². The largest absolute Gasteiger partial charge is 0.449 e. The minimum Gasteiger partial charge on any atom is -0.449 e. The first-order valence-corrected chi connectivity index (χ1v) is 10.1. The Morgan fingerprint density at radius 1 is 1.27 bits per heavy atom. The fraction of sp³-hybridized carbons (Fsp3) is 0.450. The van der Waals surface area contributed by atoms with Crippen LogP contribution in [0, 0.1) is 5.92 Å². The minimum atomic E-state index is -0.251. The Kier molecular flexibility index (Phi) is 5.64. The summed E-state index contributed by atoms with van der Waals surface area (Å²) in [5, 5.41) is 8.12. The maximum atomic E-state index is 12.3. The van der Waals surface area contributed by atoms with Gasteiger partial charge in [-0.05, 0) is 30.9 Å². The van der Waals surface area contributed by atoms with E-state index in [-0.39, 0.29) is 18.1 Å². The van der Waals surface area contributed by atoms with Gasteiger partial charge >= 0.3 is 6.09 Å². The van der Waals surface area contributed by atoms with E-state index in [0.29, 0.717) is 31.4 Å². The molecule has 1 unspecified atom stereocenters. The number of likely N-dealkylation sites (tertiary alicyclic amines) is 1. The number of imidazole rings is 1. The Morgan fingerprint density at radius 2 is 2.07 bits per heavy atom. The summed E-state index contributed by atoms with van der Waals surface area (Å²) in [4.78, 5) is 26.5. The molecule has 3 N–H and O–H groups in total. The number of anilines is 2. The lowest BCUT2D eigenvalue weighted by molar-refractivity contribution is 0.0838. The van der Waals surface area contributed by atoms with Crippen molar-refractivity contribution in [3.63, 3.8) is 0 Å². The predicted molar refractivity (Wildman–Crippen MR) is 113 cm³/mol. The molecule has 0 spiro atoms. The van der Waals surface area contributed by atoms with E-state index < -0.39 is 0 Å². The standard InChI is InChI=1S/C20H26N8O2/c1-13(2)12-30-20(29)27-7-3-4-15(11-27)25-17-5-6-18-22-10-16(28(18)26-17)14-8-23-19(21)24-9-14/h5-6,8-10,13,15H,3-4,7,11-12H2,1-2H3,(H,25,26)(H2,21,23,24). The summed E-state index contributed by atoms with van der Waals surface area (Å²) in [5.74, 6) is 1.25. The van der Waals surface area contributed by atoms with E-state index in [0.717, 1.165) is 29.7 Å². The van der Waals surface area contributed by atoms with Crippen LogP contribution in [0.5, 0.6) is 0 Å². The quantitative estimate of drug-likeness (QED) is 0.657. The van der Waals surface area contributed by atoms with Crippen molar-refractivity contribution in [2.45, 2.75) is 32.7 Å². The lowest BCUT2D eigenvalue weighted by atomic mass is 10.1. The number of hydrogen-bond acceptors (Lipinski definition) is 8. The normalized spacial score (nSPS) is 16.8. The summed E-state index contributed by atoms with van der Waals surface area (Å²) < 4.78 is 7.12. The smallest absolute Gasteiger partial charge is 0.409 e. The molecule has 1 aliphatic heterocycles. The highest BCUT2D eigenvalue weighted by molar-refractivity contribution is 5.68. The summed E-state index contributed by atoms with van der Waals surface area (Å²) in [6.07, 6.45) is 6.64. The Hall–Kier alpha value is -3.43. The maximum absolute atomic E-state index is 12.3. The van der Waals surface area contributed by atoms with Gasteiger partial charge in [0.25, 0.3) is 0 Å². The third kappa shape index (κ3) is 4.42. The van der Waals surface area contributed by atoms with E-state index in [9.17, 15) is 4.79 Å². The number of ether oxygens (including phenoxy) is 1. The van der Waals surface area contributed by atoms with Crippen LogP contribution in [0.2, 0.25) is 0 Å². The molecule has 1 saturated heterocycles. The van der Waals surface area contributed by atoms with Crippen molar-refractivity contribution in [3.05, 3.63) is 30.7 Å². The van der Waals surface area contributed by atoms with Gasteiger partial charge in [-0.3, -0.25) is 0 Å². The number of rotatable bonds is 5. The number of nitrogens with zero attached hydrogens (tertiary/aromatic N) is 6. The van der Waals surface area contributed by atoms with Crippen LogP contribution in [0.3, 0.4) is 0 Å². The second kappa shape index (κ2) is 8.52. The molecule has 0 aromatic carbocycles. The zero-order valence-electron chi connectivity index (χ0n) is 17.2. The number of nitrogens with two attached hydrogens (primary N) is 1. The van der Waals surface area contributed by atoms with Crippen LogP contribution in [0.25, 0.3) is 16.9 Å². The van der Waals surface area contributed by atoms with E-state index in [2.05, 4.69) is 25.4 Å². The molecule has 3 aromatic heterocycles. The van der Waals surface area contributed by atoms with Crippen molar-refractivity contribution in [3.8, 4) is 11.3 Å². The van der Waals surface area contributed by atoms with Crippen molar-refractivity contribution in [1.29, 1.82) is 0 Å². The van der Waals surface area contributed by atoms with Gasteiger partial charge in [0.05, 0.1) is 18.5 Å². The number of amides is 1. The van der Waals surface area contributed by atoms with Crippen molar-refractivity contribution >= 4 is 23.5 Å². The maximum Gasteiger partial charge on any atom is 0.409 e. The topological polar surface area (TPSA) is 124 Å². The third-order valence-electron chi connectivity index (χ3n) is 4.90. The van der Waals surface area contributed by atoms with Crippen LogP contribution in [-0.2, 0) is 4.74 Å². The molecular weight excluding hydrogens is 384 g/mol. The van der Waals surface area contributed by atoms with Gasteiger partial charge in [-0.1, -0.05) is 13.8 Å². The summed E-state index contributed by atoms with van der Waals surface area (Å²) in [6.45, 7) is 5.78. The van der Waals surface area contributed by atoms with E-state index in [4.69, 9.17) is 10.5 Å². The molecule has 158 valence electrons. The fourth-order valence-electron chi connectivity index (χ4n) is 3.42. The Bertz CT molecular complexity index is 1020. The molecule has 0 saturated carbocycles. The summed E-state index contributed by atoms with van der Waals surface area (Å²) in [7, 11) is 0. The van der Waals surface area contributed by atoms with Crippen LogP contribution in [0.15, 0.2) is 30.7 Å². The van der Waals surface area contributed by atoms with Gasteiger partial charge in [0.1, 0.15) is 5.82 Å². The van der Waals surface area contributed by atoms with Crippen molar-refractivity contribution < 1.29 is 9.53 Å². The van der Waals surface area contributed by atoms with E-state index >= 15 is 0 Å². The van der Waals surface area contributed by atoms with Gasteiger partial charge in [0.15, 0.2) is 5.65 Å². The molecule has 0 bridgehead atoms. The zero-order valence-corrected chi connectivity index (χ0v) is 17.2. The lowest BCUT2D eigenvalue weighted by Crippen LogP contribution is -2.45. The van der Waals surface area contributed by atoms with Crippen molar-refractivity contribution in [2.75, 3.05) is 30.7 Å². The molecule has 1 amide bonds. The monoisotopic (exact) mass is 410 g/mol. The van der Waals surface area contributed by atoms with E-state index in [1.54, 1.807) is 28.0 Å². The van der Waals surface area contributed by atoms with Gasteiger partial charge in [-0.2, -0.15) is 0 Å². The third-order valence-corrected chi connectivity index (χ3v) is 4.90. The van der Waals surface area contributed by atoms with E-state index in [1.165, 1.54) is 0 Å². The molecule has 1 atom stereocenters. The summed E-state index contributed by atoms with van der Waals surface area (Å²) in [6, 6.07) is 3.89. The molecule has 30 heavy (non-hydrogen) atoms. The lowest BCUT2D eigenvalue weighted by Gasteiger charge is -2.32. The van der Waals surface area contributed by atoms with E-state index in [1.807, 2.05) is 26.0 Å². The Labute approximate surface area is 174 Å². The molecule has 4 heterocycles. The molecule has 0 radical (unpaired) electrons. The molecule has 10 heteroatoms. The summed E-state index contributed by atoms with van der Waals surface area (Å²) in [5.41, 5.74) is 7.85. The van der Waals surface area contributed by atoms with Gasteiger partial charge in [0, 0.05) is 37.1 Å². The molecule has 0 aliphatic carbocycles. The number of nitrogens with one attached hydrogen (secondary N) is 1. The summed E-state index contributed by atoms with van der Waals surface area (Å²) >= 11 is 0. The van der Waals surface area contributed by atoms with Crippen LogP contribution in [0.1, 0.15) is 26.7 Å². The average molecular weight is 410 g/mol. The highest BCUT2D eigenvalue weighted by Crippen LogP contribution is 2.21. The number of aromatic nitrogens is 5. The predicted octanol–water partition coefficient (Wildman–Crippen LogP) is 2.44. The number of carbonyl (C=O) groups excluding carboxylic acids is 1. The SMILES string of the molecule is CC(C)COC(=O)N1CCCC(Nc2ccc3ncc(-c4cnc(N)nc4)n3n2)C1. The van der Waals surface area contributed by atoms with Gasteiger partial charge in [0.2, 0.25) is 5.95 Å². The molecule has 1 fully saturated rings. The number of carbonyl (C=O) groups is 1.